The van der Waals surface area contributed by atoms with Crippen molar-refractivity contribution in [2.24, 2.45) is 5.92 Å². The average Bonchev–Trinajstić information content (AvgIpc) is 3.11. The standard InChI is InChI=1S/C21H29FN2O2/c1-14(25)23-19-13-21(26-20-7-5-6-17(19)20)16-9-8-15(12-18(16)22)24-10-3-2-4-11-24/h8-9,12,17,19-21H,2-7,10-11,13H2,1H3,(H,23,25)/t17-,19+,20+,21+/m0/s1. The van der Waals surface area contributed by atoms with E-state index in [-0.39, 0.29) is 30.0 Å². The van der Waals surface area contributed by atoms with Gasteiger partial charge in [-0.2, -0.15) is 0 Å². The number of halogens is 1. The summed E-state index contributed by atoms with van der Waals surface area (Å²) in [4.78, 5) is 13.9. The molecule has 4 nitrogen and oxygen atoms in total. The molecule has 26 heavy (non-hydrogen) atoms. The van der Waals surface area contributed by atoms with Gasteiger partial charge in [-0.25, -0.2) is 4.39 Å². The number of carbonyl (C=O) groups excluding carboxylic acids is 1. The minimum absolute atomic E-state index is 0.0118. The Bertz CT molecular complexity index is 659. The molecule has 1 amide bonds. The maximum atomic E-state index is 14.9. The summed E-state index contributed by atoms with van der Waals surface area (Å²) in [7, 11) is 0. The van der Waals surface area contributed by atoms with Gasteiger partial charge in [0.05, 0.1) is 12.2 Å². The Morgan fingerprint density at radius 3 is 2.73 bits per heavy atom. The molecule has 5 heteroatoms. The minimum atomic E-state index is -0.276. The van der Waals surface area contributed by atoms with Crippen LogP contribution in [0.3, 0.4) is 0 Å². The first-order valence-electron chi connectivity index (χ1n) is 10.1. The lowest BCUT2D eigenvalue weighted by molar-refractivity contribution is -0.124. The summed E-state index contributed by atoms with van der Waals surface area (Å²) < 4.78 is 21.2. The number of fused-ring (bicyclic) bond motifs is 1. The van der Waals surface area contributed by atoms with Crippen molar-refractivity contribution in [3.8, 4) is 0 Å². The summed E-state index contributed by atoms with van der Waals surface area (Å²) in [6.45, 7) is 3.57. The number of piperidine rings is 1. The Labute approximate surface area is 155 Å². The van der Waals surface area contributed by atoms with E-state index >= 15 is 0 Å². The van der Waals surface area contributed by atoms with Gasteiger partial charge in [0.2, 0.25) is 5.91 Å². The second-order valence-corrected chi connectivity index (χ2v) is 8.05. The van der Waals surface area contributed by atoms with Crippen LogP contribution in [0.5, 0.6) is 0 Å². The predicted molar refractivity (Wildman–Crippen MR) is 99.6 cm³/mol. The van der Waals surface area contributed by atoms with Gasteiger partial charge in [0.15, 0.2) is 0 Å². The van der Waals surface area contributed by atoms with Gasteiger partial charge < -0.3 is 15.0 Å². The second-order valence-electron chi connectivity index (χ2n) is 8.05. The molecular formula is C21H29FN2O2. The van der Waals surface area contributed by atoms with Crippen molar-refractivity contribution in [2.45, 2.75) is 70.1 Å². The summed E-state index contributed by atoms with van der Waals surface area (Å²) in [6.07, 6.45) is 7.33. The molecule has 3 aliphatic rings. The van der Waals surface area contributed by atoms with Gasteiger partial charge in [-0.1, -0.05) is 12.5 Å². The first-order chi connectivity index (χ1) is 12.6. The monoisotopic (exact) mass is 360 g/mol. The topological polar surface area (TPSA) is 41.6 Å². The van der Waals surface area contributed by atoms with E-state index in [1.54, 1.807) is 13.0 Å². The van der Waals surface area contributed by atoms with Crippen LogP contribution in [0.25, 0.3) is 0 Å². The summed E-state index contributed by atoms with van der Waals surface area (Å²) in [6, 6.07) is 5.67. The molecule has 2 heterocycles. The Morgan fingerprint density at radius 2 is 2.00 bits per heavy atom. The van der Waals surface area contributed by atoms with Crippen LogP contribution in [-0.4, -0.2) is 31.1 Å². The summed E-state index contributed by atoms with van der Waals surface area (Å²) in [5, 5.41) is 3.09. The Hall–Kier alpha value is -1.62. The molecule has 1 aromatic carbocycles. The predicted octanol–water partition coefficient (Wildman–Crippen LogP) is 3.95. The molecule has 142 valence electrons. The largest absolute Gasteiger partial charge is 0.371 e. The molecule has 0 bridgehead atoms. The van der Waals surface area contributed by atoms with Crippen LogP contribution in [0.1, 0.15) is 63.5 Å². The third-order valence-electron chi connectivity index (χ3n) is 6.27. The van der Waals surface area contributed by atoms with E-state index in [1.807, 2.05) is 12.1 Å². The van der Waals surface area contributed by atoms with Gasteiger partial charge in [0.1, 0.15) is 5.82 Å². The van der Waals surface area contributed by atoms with Crippen LogP contribution in [-0.2, 0) is 9.53 Å². The molecule has 0 spiro atoms. The second kappa shape index (κ2) is 7.55. The Morgan fingerprint density at radius 1 is 1.19 bits per heavy atom. The number of carbonyl (C=O) groups is 1. The van der Waals surface area contributed by atoms with Crippen molar-refractivity contribution in [1.82, 2.24) is 5.32 Å². The molecule has 0 unspecified atom stereocenters. The molecular weight excluding hydrogens is 331 g/mol. The van der Waals surface area contributed by atoms with E-state index in [0.29, 0.717) is 17.9 Å². The number of ether oxygens (including phenoxy) is 1. The van der Waals surface area contributed by atoms with E-state index in [2.05, 4.69) is 10.2 Å². The third-order valence-corrected chi connectivity index (χ3v) is 6.27. The van der Waals surface area contributed by atoms with Crippen LogP contribution in [0, 0.1) is 11.7 Å². The molecule has 2 saturated heterocycles. The summed E-state index contributed by atoms with van der Waals surface area (Å²) in [5.74, 6) is 0.171. The van der Waals surface area contributed by atoms with Gasteiger partial charge in [-0.3, -0.25) is 4.79 Å². The van der Waals surface area contributed by atoms with Crippen molar-refractivity contribution in [1.29, 1.82) is 0 Å². The minimum Gasteiger partial charge on any atom is -0.371 e. The average molecular weight is 360 g/mol. The zero-order valence-electron chi connectivity index (χ0n) is 15.5. The highest BCUT2D eigenvalue weighted by atomic mass is 19.1. The van der Waals surface area contributed by atoms with E-state index < -0.39 is 0 Å². The number of hydrogen-bond acceptors (Lipinski definition) is 3. The fourth-order valence-electron chi connectivity index (χ4n) is 5.01. The molecule has 1 aromatic rings. The Kier molecular flexibility index (Phi) is 5.16. The SMILES string of the molecule is CC(=O)N[C@@H]1C[C@H](c2ccc(N3CCCCC3)cc2F)O[C@@H]2CCC[C@@H]12. The highest BCUT2D eigenvalue weighted by Gasteiger charge is 2.42. The maximum Gasteiger partial charge on any atom is 0.217 e. The summed E-state index contributed by atoms with van der Waals surface area (Å²) >= 11 is 0. The van der Waals surface area contributed by atoms with Crippen molar-refractivity contribution in [3.05, 3.63) is 29.6 Å². The Balaban J connectivity index is 1.53. The van der Waals surface area contributed by atoms with E-state index in [1.165, 1.54) is 19.3 Å². The number of nitrogens with one attached hydrogen (secondary N) is 1. The molecule has 4 rings (SSSR count). The molecule has 4 atom stereocenters. The van der Waals surface area contributed by atoms with Crippen LogP contribution < -0.4 is 10.2 Å². The lowest BCUT2D eigenvalue weighted by Gasteiger charge is -2.39. The van der Waals surface area contributed by atoms with Crippen LogP contribution in [0.4, 0.5) is 10.1 Å². The lowest BCUT2D eigenvalue weighted by Crippen LogP contribution is -2.47. The molecule has 1 saturated carbocycles. The number of anilines is 1. The zero-order chi connectivity index (χ0) is 18.1. The van der Waals surface area contributed by atoms with Crippen molar-refractivity contribution < 1.29 is 13.9 Å². The smallest absolute Gasteiger partial charge is 0.217 e. The van der Waals surface area contributed by atoms with Crippen molar-refractivity contribution in [3.63, 3.8) is 0 Å². The quantitative estimate of drug-likeness (QED) is 0.887. The third kappa shape index (κ3) is 3.59. The van der Waals surface area contributed by atoms with Crippen LogP contribution >= 0.6 is 0 Å². The highest BCUT2D eigenvalue weighted by molar-refractivity contribution is 5.73. The molecule has 1 aliphatic carbocycles. The zero-order valence-corrected chi connectivity index (χ0v) is 15.5. The maximum absolute atomic E-state index is 14.9. The van der Waals surface area contributed by atoms with E-state index in [9.17, 15) is 9.18 Å². The molecule has 0 aromatic heterocycles. The normalized spacial score (nSPS) is 31.5. The number of amides is 1. The summed E-state index contributed by atoms with van der Waals surface area (Å²) in [5.41, 5.74) is 1.60. The van der Waals surface area contributed by atoms with E-state index in [0.717, 1.165) is 38.0 Å². The number of hydrogen-bond donors (Lipinski definition) is 1. The van der Waals surface area contributed by atoms with Gasteiger partial charge in [0, 0.05) is 43.2 Å². The molecule has 0 radical (unpaired) electrons. The first kappa shape index (κ1) is 17.8. The van der Waals surface area contributed by atoms with Gasteiger partial charge in [-0.15, -0.1) is 0 Å². The van der Waals surface area contributed by atoms with Gasteiger partial charge in [0.25, 0.3) is 0 Å². The van der Waals surface area contributed by atoms with Crippen molar-refractivity contribution in [2.75, 3.05) is 18.0 Å². The molecule has 1 N–H and O–H groups in total. The molecule has 2 aliphatic heterocycles. The number of rotatable bonds is 3. The fourth-order valence-corrected chi connectivity index (χ4v) is 5.01. The highest BCUT2D eigenvalue weighted by Crippen LogP contribution is 2.43. The lowest BCUT2D eigenvalue weighted by atomic mass is 9.86. The van der Waals surface area contributed by atoms with Gasteiger partial charge in [-0.05, 0) is 50.7 Å². The number of nitrogens with zero attached hydrogens (tertiary/aromatic N) is 1. The van der Waals surface area contributed by atoms with Crippen LogP contribution in [0.15, 0.2) is 18.2 Å². The fraction of sp³-hybridized carbons (Fsp3) is 0.667. The molecule has 3 fully saturated rings. The van der Waals surface area contributed by atoms with Crippen molar-refractivity contribution >= 4 is 11.6 Å². The van der Waals surface area contributed by atoms with E-state index in [4.69, 9.17) is 4.74 Å². The van der Waals surface area contributed by atoms with Crippen LogP contribution in [0.2, 0.25) is 0 Å². The number of benzene rings is 1. The first-order valence-corrected chi connectivity index (χ1v) is 10.1. The van der Waals surface area contributed by atoms with Gasteiger partial charge >= 0.3 is 0 Å².